The summed E-state index contributed by atoms with van der Waals surface area (Å²) in [4.78, 5) is 11.3. The number of methoxy groups -OCH3 is 1. The number of carbonyl (C=O) groups is 1. The third-order valence-electron chi connectivity index (χ3n) is 3.35. The van der Waals surface area contributed by atoms with Crippen LogP contribution in [0.25, 0.3) is 23.0 Å². The van der Waals surface area contributed by atoms with Gasteiger partial charge in [0.25, 0.3) is 0 Å². The van der Waals surface area contributed by atoms with Crippen molar-refractivity contribution in [3.8, 4) is 16.9 Å². The van der Waals surface area contributed by atoms with Gasteiger partial charge in [-0.3, -0.25) is 0 Å². The van der Waals surface area contributed by atoms with Crippen molar-refractivity contribution in [1.82, 2.24) is 15.0 Å². The van der Waals surface area contributed by atoms with Crippen LogP contribution in [0.5, 0.6) is 0 Å². The monoisotopic (exact) mass is 305 g/mol. The molecule has 3 rings (SSSR count). The molecule has 0 spiro atoms. The maximum Gasteiger partial charge on any atom is 0.330 e. The van der Waals surface area contributed by atoms with Crippen LogP contribution in [0.15, 0.2) is 66.9 Å². The Bertz CT molecular complexity index is 838. The Hall–Kier alpha value is -3.21. The van der Waals surface area contributed by atoms with Gasteiger partial charge in [0.2, 0.25) is 0 Å². The van der Waals surface area contributed by atoms with E-state index in [0.717, 1.165) is 22.5 Å². The maximum atomic E-state index is 11.3. The molecule has 114 valence electrons. The Morgan fingerprint density at radius 3 is 2.61 bits per heavy atom. The van der Waals surface area contributed by atoms with Crippen LogP contribution >= 0.6 is 0 Å². The molecule has 0 saturated heterocycles. The molecule has 0 aliphatic heterocycles. The van der Waals surface area contributed by atoms with Gasteiger partial charge in [0.15, 0.2) is 0 Å². The molecule has 0 atom stereocenters. The van der Waals surface area contributed by atoms with Crippen LogP contribution in [0.3, 0.4) is 0 Å². The first-order valence-corrected chi connectivity index (χ1v) is 7.11. The summed E-state index contributed by atoms with van der Waals surface area (Å²) in [6.45, 7) is 0. The Balaban J connectivity index is 1.95. The standard InChI is InChI=1S/C18H15N3O2/c1-23-18(22)12-11-15-9-5-6-10-17(15)21-13-16(19-20-21)14-7-3-2-4-8-14/h2-13H,1H3/b12-11+. The van der Waals surface area contributed by atoms with E-state index >= 15 is 0 Å². The van der Waals surface area contributed by atoms with E-state index in [2.05, 4.69) is 15.0 Å². The maximum absolute atomic E-state index is 11.3. The molecular weight excluding hydrogens is 290 g/mol. The van der Waals surface area contributed by atoms with Crippen molar-refractivity contribution in [2.75, 3.05) is 7.11 Å². The van der Waals surface area contributed by atoms with Crippen LogP contribution in [0.2, 0.25) is 0 Å². The third-order valence-corrected chi connectivity index (χ3v) is 3.35. The molecule has 5 nitrogen and oxygen atoms in total. The molecule has 0 unspecified atom stereocenters. The highest BCUT2D eigenvalue weighted by Gasteiger charge is 2.07. The second-order valence-electron chi connectivity index (χ2n) is 4.83. The largest absolute Gasteiger partial charge is 0.466 e. The van der Waals surface area contributed by atoms with Gasteiger partial charge < -0.3 is 4.74 Å². The van der Waals surface area contributed by atoms with Crippen molar-refractivity contribution in [2.24, 2.45) is 0 Å². The van der Waals surface area contributed by atoms with Crippen LogP contribution in [0, 0.1) is 0 Å². The number of nitrogens with zero attached hydrogens (tertiary/aromatic N) is 3. The van der Waals surface area contributed by atoms with Crippen molar-refractivity contribution in [3.63, 3.8) is 0 Å². The lowest BCUT2D eigenvalue weighted by molar-refractivity contribution is -0.134. The Kier molecular flexibility index (Phi) is 4.29. The molecule has 0 saturated carbocycles. The van der Waals surface area contributed by atoms with Crippen LogP contribution in [-0.4, -0.2) is 28.1 Å². The molecule has 0 radical (unpaired) electrons. The second-order valence-corrected chi connectivity index (χ2v) is 4.83. The summed E-state index contributed by atoms with van der Waals surface area (Å²) in [6.07, 6.45) is 4.94. The van der Waals surface area contributed by atoms with Crippen molar-refractivity contribution < 1.29 is 9.53 Å². The zero-order valence-corrected chi connectivity index (χ0v) is 12.6. The van der Waals surface area contributed by atoms with E-state index in [1.54, 1.807) is 10.8 Å². The predicted octanol–water partition coefficient (Wildman–Crippen LogP) is 3.12. The molecular formula is C18H15N3O2. The molecule has 0 aliphatic rings. The van der Waals surface area contributed by atoms with Crippen molar-refractivity contribution in [3.05, 3.63) is 72.4 Å². The van der Waals surface area contributed by atoms with E-state index in [1.807, 2.05) is 60.8 Å². The minimum atomic E-state index is -0.400. The summed E-state index contributed by atoms with van der Waals surface area (Å²) in [5.41, 5.74) is 3.48. The minimum absolute atomic E-state index is 0.400. The summed E-state index contributed by atoms with van der Waals surface area (Å²) >= 11 is 0. The summed E-state index contributed by atoms with van der Waals surface area (Å²) in [5, 5.41) is 8.40. The van der Waals surface area contributed by atoms with Gasteiger partial charge in [0, 0.05) is 17.2 Å². The minimum Gasteiger partial charge on any atom is -0.466 e. The summed E-state index contributed by atoms with van der Waals surface area (Å²) in [7, 11) is 1.35. The van der Waals surface area contributed by atoms with Gasteiger partial charge in [-0.15, -0.1) is 5.10 Å². The quantitative estimate of drug-likeness (QED) is 0.549. The highest BCUT2D eigenvalue weighted by molar-refractivity contribution is 5.87. The summed E-state index contributed by atoms with van der Waals surface area (Å²) in [5.74, 6) is -0.400. The number of para-hydroxylation sites is 1. The third kappa shape index (κ3) is 3.35. The van der Waals surface area contributed by atoms with E-state index < -0.39 is 5.97 Å². The van der Waals surface area contributed by atoms with E-state index in [1.165, 1.54) is 13.2 Å². The zero-order chi connectivity index (χ0) is 16.1. The number of benzene rings is 2. The fourth-order valence-corrected chi connectivity index (χ4v) is 2.19. The van der Waals surface area contributed by atoms with Gasteiger partial charge in [-0.25, -0.2) is 9.48 Å². The molecule has 1 aromatic heterocycles. The lowest BCUT2D eigenvalue weighted by Crippen LogP contribution is -1.98. The van der Waals surface area contributed by atoms with Crippen LogP contribution < -0.4 is 0 Å². The Morgan fingerprint density at radius 2 is 1.83 bits per heavy atom. The fraction of sp³-hybridized carbons (Fsp3) is 0.0556. The lowest BCUT2D eigenvalue weighted by atomic mass is 10.1. The first kappa shape index (κ1) is 14.7. The lowest BCUT2D eigenvalue weighted by Gasteiger charge is -2.04. The number of rotatable bonds is 4. The smallest absolute Gasteiger partial charge is 0.330 e. The topological polar surface area (TPSA) is 57.0 Å². The normalized spacial score (nSPS) is 10.8. The Morgan fingerprint density at radius 1 is 1.09 bits per heavy atom. The molecule has 23 heavy (non-hydrogen) atoms. The predicted molar refractivity (Wildman–Crippen MR) is 87.8 cm³/mol. The molecule has 0 aliphatic carbocycles. The molecule has 5 heteroatoms. The number of ether oxygens (including phenoxy) is 1. The number of carbonyl (C=O) groups excluding carboxylic acids is 1. The molecule has 3 aromatic rings. The molecule has 0 bridgehead atoms. The zero-order valence-electron chi connectivity index (χ0n) is 12.6. The van der Waals surface area contributed by atoms with Gasteiger partial charge in [-0.1, -0.05) is 53.7 Å². The van der Waals surface area contributed by atoms with Crippen LogP contribution in [-0.2, 0) is 9.53 Å². The fourth-order valence-electron chi connectivity index (χ4n) is 2.19. The number of esters is 1. The van der Waals surface area contributed by atoms with Crippen LogP contribution in [0.4, 0.5) is 0 Å². The SMILES string of the molecule is COC(=O)/C=C/c1ccccc1-n1cc(-c2ccccc2)nn1. The van der Waals surface area contributed by atoms with Gasteiger partial charge >= 0.3 is 5.97 Å². The van der Waals surface area contributed by atoms with Gasteiger partial charge in [-0.05, 0) is 12.1 Å². The first-order chi connectivity index (χ1) is 11.3. The summed E-state index contributed by atoms with van der Waals surface area (Å²) < 4.78 is 6.31. The second kappa shape index (κ2) is 6.70. The molecule has 1 heterocycles. The van der Waals surface area contributed by atoms with Gasteiger partial charge in [0.1, 0.15) is 5.69 Å². The highest BCUT2D eigenvalue weighted by Crippen LogP contribution is 2.20. The van der Waals surface area contributed by atoms with E-state index in [-0.39, 0.29) is 0 Å². The number of hydrogen-bond donors (Lipinski definition) is 0. The van der Waals surface area contributed by atoms with E-state index in [9.17, 15) is 4.79 Å². The molecule has 2 aromatic carbocycles. The number of aromatic nitrogens is 3. The van der Waals surface area contributed by atoms with Gasteiger partial charge in [0.05, 0.1) is 19.0 Å². The van der Waals surface area contributed by atoms with E-state index in [0.29, 0.717) is 0 Å². The Labute approximate surface area is 133 Å². The summed E-state index contributed by atoms with van der Waals surface area (Å²) in [6, 6.07) is 17.5. The highest BCUT2D eigenvalue weighted by atomic mass is 16.5. The molecule has 0 fully saturated rings. The average Bonchev–Trinajstić information content (AvgIpc) is 3.10. The van der Waals surface area contributed by atoms with Gasteiger partial charge in [-0.2, -0.15) is 0 Å². The van der Waals surface area contributed by atoms with Crippen molar-refractivity contribution >= 4 is 12.0 Å². The van der Waals surface area contributed by atoms with Crippen molar-refractivity contribution in [2.45, 2.75) is 0 Å². The van der Waals surface area contributed by atoms with Crippen molar-refractivity contribution in [1.29, 1.82) is 0 Å². The molecule has 0 N–H and O–H groups in total. The average molecular weight is 305 g/mol. The van der Waals surface area contributed by atoms with E-state index in [4.69, 9.17) is 0 Å². The first-order valence-electron chi connectivity index (χ1n) is 7.11. The molecule has 0 amide bonds. The van der Waals surface area contributed by atoms with Crippen LogP contribution in [0.1, 0.15) is 5.56 Å². The number of hydrogen-bond acceptors (Lipinski definition) is 4.